The molecule has 1 fully saturated rings. The lowest BCUT2D eigenvalue weighted by atomic mass is 10.1. The molecule has 1 aliphatic rings. The third kappa shape index (κ3) is 4.07. The molecule has 0 unspecified atom stereocenters. The van der Waals surface area contributed by atoms with E-state index in [1.165, 1.54) is 6.33 Å². The van der Waals surface area contributed by atoms with E-state index < -0.39 is 0 Å². The Morgan fingerprint density at radius 3 is 2.70 bits per heavy atom. The van der Waals surface area contributed by atoms with Gasteiger partial charge in [0.1, 0.15) is 12.7 Å². The first-order valence-electron chi connectivity index (χ1n) is 7.82. The first-order valence-corrected chi connectivity index (χ1v) is 7.82. The van der Waals surface area contributed by atoms with E-state index in [4.69, 9.17) is 0 Å². The Morgan fingerprint density at radius 1 is 1.26 bits per heavy atom. The maximum atomic E-state index is 12.2. The van der Waals surface area contributed by atoms with Crippen LogP contribution in [0.4, 0.5) is 4.79 Å². The Kier molecular flexibility index (Phi) is 4.87. The quantitative estimate of drug-likeness (QED) is 0.881. The summed E-state index contributed by atoms with van der Waals surface area (Å²) in [5.41, 5.74) is 2.17. The summed E-state index contributed by atoms with van der Waals surface area (Å²) in [6.07, 6.45) is 4.21. The summed E-state index contributed by atoms with van der Waals surface area (Å²) in [5, 5.41) is 16.6. The summed E-state index contributed by atoms with van der Waals surface area (Å²) in [7, 11) is 0. The number of piperidine rings is 1. The fourth-order valence-corrected chi connectivity index (χ4v) is 2.72. The van der Waals surface area contributed by atoms with Crippen molar-refractivity contribution in [1.29, 1.82) is 0 Å². The van der Waals surface area contributed by atoms with Crippen molar-refractivity contribution in [1.82, 2.24) is 25.0 Å². The number of nitrogens with one attached hydrogen (secondary N) is 1. The number of benzene rings is 1. The van der Waals surface area contributed by atoms with Gasteiger partial charge in [-0.05, 0) is 24.0 Å². The molecule has 2 N–H and O–H groups in total. The fourth-order valence-electron chi connectivity index (χ4n) is 2.72. The van der Waals surface area contributed by atoms with Crippen molar-refractivity contribution in [2.24, 2.45) is 0 Å². The summed E-state index contributed by atoms with van der Waals surface area (Å²) in [4.78, 5) is 17.9. The Hall–Kier alpha value is -2.41. The molecule has 0 atom stereocenters. The average molecular weight is 315 g/mol. The van der Waals surface area contributed by atoms with Gasteiger partial charge in [-0.1, -0.05) is 24.3 Å². The molecule has 0 aliphatic carbocycles. The molecule has 2 amide bonds. The van der Waals surface area contributed by atoms with Gasteiger partial charge in [-0.15, -0.1) is 0 Å². The molecule has 0 spiro atoms. The lowest BCUT2D eigenvalue weighted by Crippen LogP contribution is -2.45. The molecule has 7 heteroatoms. The fraction of sp³-hybridized carbons (Fsp3) is 0.438. The maximum absolute atomic E-state index is 12.2. The molecule has 1 aliphatic heterocycles. The molecule has 0 bridgehead atoms. The Labute approximate surface area is 134 Å². The van der Waals surface area contributed by atoms with E-state index in [-0.39, 0.29) is 12.1 Å². The van der Waals surface area contributed by atoms with Gasteiger partial charge in [-0.2, -0.15) is 5.10 Å². The van der Waals surface area contributed by atoms with Gasteiger partial charge in [0.2, 0.25) is 0 Å². The topological polar surface area (TPSA) is 83.3 Å². The van der Waals surface area contributed by atoms with Gasteiger partial charge < -0.3 is 15.3 Å². The Balaban J connectivity index is 1.58. The van der Waals surface area contributed by atoms with E-state index in [1.807, 2.05) is 24.3 Å². The van der Waals surface area contributed by atoms with Crippen LogP contribution in [-0.2, 0) is 13.1 Å². The molecule has 1 aromatic heterocycles. The van der Waals surface area contributed by atoms with Crippen LogP contribution in [0.5, 0.6) is 0 Å². The minimum absolute atomic E-state index is 0.0764. The molecule has 23 heavy (non-hydrogen) atoms. The van der Waals surface area contributed by atoms with Crippen molar-refractivity contribution >= 4 is 6.03 Å². The van der Waals surface area contributed by atoms with Gasteiger partial charge in [-0.3, -0.25) is 0 Å². The van der Waals surface area contributed by atoms with Gasteiger partial charge in [0.15, 0.2) is 0 Å². The van der Waals surface area contributed by atoms with Crippen LogP contribution >= 0.6 is 0 Å². The summed E-state index contributed by atoms with van der Waals surface area (Å²) in [6.45, 7) is 2.31. The van der Waals surface area contributed by atoms with E-state index in [9.17, 15) is 9.90 Å². The summed E-state index contributed by atoms with van der Waals surface area (Å²) < 4.78 is 1.76. The zero-order chi connectivity index (χ0) is 16.1. The Morgan fingerprint density at radius 2 is 2.00 bits per heavy atom. The van der Waals surface area contributed by atoms with E-state index >= 15 is 0 Å². The molecular weight excluding hydrogens is 294 g/mol. The van der Waals surface area contributed by atoms with E-state index in [2.05, 4.69) is 15.4 Å². The number of hydrogen-bond acceptors (Lipinski definition) is 4. The van der Waals surface area contributed by atoms with Crippen molar-refractivity contribution in [2.45, 2.75) is 32.0 Å². The van der Waals surface area contributed by atoms with Crippen LogP contribution in [0.2, 0.25) is 0 Å². The van der Waals surface area contributed by atoms with Gasteiger partial charge in [0.25, 0.3) is 0 Å². The summed E-state index contributed by atoms with van der Waals surface area (Å²) in [6, 6.07) is 7.90. The number of nitrogens with zero attached hydrogens (tertiary/aromatic N) is 4. The van der Waals surface area contributed by atoms with E-state index in [1.54, 1.807) is 15.9 Å². The third-order valence-electron chi connectivity index (χ3n) is 4.10. The summed E-state index contributed by atoms with van der Waals surface area (Å²) >= 11 is 0. The average Bonchev–Trinajstić information content (AvgIpc) is 3.07. The third-order valence-corrected chi connectivity index (χ3v) is 4.10. The number of carbonyl (C=O) groups excluding carboxylic acids is 1. The first kappa shape index (κ1) is 15.5. The lowest BCUT2D eigenvalue weighted by molar-refractivity contribution is 0.0936. The second-order valence-corrected chi connectivity index (χ2v) is 5.74. The monoisotopic (exact) mass is 315 g/mol. The molecular formula is C16H21N5O2. The van der Waals surface area contributed by atoms with Crippen LogP contribution in [0, 0.1) is 0 Å². The normalized spacial score (nSPS) is 15.6. The zero-order valence-corrected chi connectivity index (χ0v) is 12.9. The highest BCUT2D eigenvalue weighted by Crippen LogP contribution is 2.12. The molecule has 1 saturated heterocycles. The van der Waals surface area contributed by atoms with Crippen molar-refractivity contribution in [2.75, 3.05) is 13.1 Å². The van der Waals surface area contributed by atoms with Crippen LogP contribution in [-0.4, -0.2) is 50.0 Å². The van der Waals surface area contributed by atoms with E-state index in [0.717, 1.165) is 11.1 Å². The SMILES string of the molecule is O=C(NCc1ccccc1Cn1cncn1)N1CCC(O)CC1. The summed E-state index contributed by atoms with van der Waals surface area (Å²) in [5.74, 6) is 0. The highest BCUT2D eigenvalue weighted by molar-refractivity contribution is 5.74. The lowest BCUT2D eigenvalue weighted by Gasteiger charge is -2.29. The minimum atomic E-state index is -0.276. The molecule has 3 rings (SSSR count). The molecule has 0 radical (unpaired) electrons. The highest BCUT2D eigenvalue weighted by atomic mass is 16.3. The highest BCUT2D eigenvalue weighted by Gasteiger charge is 2.21. The predicted octanol–water partition coefficient (Wildman–Crippen LogP) is 0.993. The van der Waals surface area contributed by atoms with Crippen molar-refractivity contribution < 1.29 is 9.90 Å². The van der Waals surface area contributed by atoms with Crippen LogP contribution in [0.25, 0.3) is 0 Å². The van der Waals surface area contributed by atoms with Crippen molar-refractivity contribution in [3.63, 3.8) is 0 Å². The number of aliphatic hydroxyl groups is 1. The molecule has 7 nitrogen and oxygen atoms in total. The van der Waals surface area contributed by atoms with Gasteiger partial charge in [-0.25, -0.2) is 14.5 Å². The molecule has 122 valence electrons. The van der Waals surface area contributed by atoms with Crippen LogP contribution < -0.4 is 5.32 Å². The molecule has 2 aromatic rings. The first-order chi connectivity index (χ1) is 11.2. The maximum Gasteiger partial charge on any atom is 0.317 e. The second kappa shape index (κ2) is 7.23. The predicted molar refractivity (Wildman–Crippen MR) is 84.6 cm³/mol. The van der Waals surface area contributed by atoms with Crippen molar-refractivity contribution in [3.8, 4) is 0 Å². The van der Waals surface area contributed by atoms with Gasteiger partial charge in [0, 0.05) is 19.6 Å². The second-order valence-electron chi connectivity index (χ2n) is 5.74. The van der Waals surface area contributed by atoms with Crippen LogP contribution in [0.3, 0.4) is 0 Å². The van der Waals surface area contributed by atoms with Crippen LogP contribution in [0.15, 0.2) is 36.9 Å². The number of likely N-dealkylation sites (tertiary alicyclic amines) is 1. The molecule has 2 heterocycles. The number of rotatable bonds is 4. The standard InChI is InChI=1S/C16H21N5O2/c22-15-5-7-20(8-6-15)16(23)18-9-13-3-1-2-4-14(13)10-21-12-17-11-19-21/h1-4,11-12,15,22H,5-10H2,(H,18,23). The smallest absolute Gasteiger partial charge is 0.317 e. The number of hydrogen-bond donors (Lipinski definition) is 2. The van der Waals surface area contributed by atoms with E-state index in [0.29, 0.717) is 39.0 Å². The number of amides is 2. The largest absolute Gasteiger partial charge is 0.393 e. The Bertz CT molecular complexity index is 636. The number of aromatic nitrogens is 3. The minimum Gasteiger partial charge on any atom is -0.393 e. The molecule has 1 aromatic carbocycles. The number of urea groups is 1. The van der Waals surface area contributed by atoms with Crippen molar-refractivity contribution in [3.05, 3.63) is 48.0 Å². The molecule has 0 saturated carbocycles. The van der Waals surface area contributed by atoms with Gasteiger partial charge >= 0.3 is 6.03 Å². The zero-order valence-electron chi connectivity index (χ0n) is 12.9. The number of aliphatic hydroxyl groups excluding tert-OH is 1. The van der Waals surface area contributed by atoms with Crippen LogP contribution in [0.1, 0.15) is 24.0 Å². The van der Waals surface area contributed by atoms with Gasteiger partial charge in [0.05, 0.1) is 12.6 Å². The number of carbonyl (C=O) groups is 1.